The number of likely N-dealkylation sites (tertiary alicyclic amines) is 1. The number of carbonyl (C=O) groups excluding carboxylic acids is 11. The lowest BCUT2D eigenvalue weighted by atomic mass is 9.99. The Morgan fingerprint density at radius 1 is 0.536 bits per heavy atom. The number of halogens is 7. The molecule has 0 radical (unpaired) electrons. The van der Waals surface area contributed by atoms with E-state index in [0.717, 1.165) is 10.8 Å². The molecule has 36 heteroatoms. The van der Waals surface area contributed by atoms with Gasteiger partial charge >= 0.3 is 12.4 Å². The molecule has 4 heterocycles. The van der Waals surface area contributed by atoms with Gasteiger partial charge in [-0.25, -0.2) is 4.99 Å². The minimum Gasteiger partial charge on any atom is -0.394 e. The van der Waals surface area contributed by atoms with Crippen LogP contribution in [0, 0.1) is 5.92 Å². The zero-order valence-electron chi connectivity index (χ0n) is 61.8. The highest BCUT2D eigenvalue weighted by Crippen LogP contribution is 2.23. The maximum Gasteiger partial charge on any atom is 0.408 e. The number of nitrogens with two attached hydrogens (primary N) is 1. The molecule has 0 spiro atoms. The number of amides is 11. The van der Waals surface area contributed by atoms with Gasteiger partial charge in [0.1, 0.15) is 73.5 Å². The van der Waals surface area contributed by atoms with E-state index in [9.17, 15) is 74.6 Å². The Balaban J connectivity index is 1.12. The molecule has 0 bridgehead atoms. The van der Waals surface area contributed by atoms with Crippen molar-refractivity contribution in [2.75, 3.05) is 32.8 Å². The number of primary amides is 1. The Morgan fingerprint density at radius 2 is 0.991 bits per heavy atom. The number of benzene rings is 3. The molecule has 10 atom stereocenters. The number of nitrogens with zero attached hydrogens (tertiary/aromatic N) is 5. The second kappa shape index (κ2) is 42.7. The number of hydrogen-bond donors (Lipinski definition) is 13. The number of carbonyl (C=O) groups is 11. The summed E-state index contributed by atoms with van der Waals surface area (Å²) in [5.41, 5.74) is 7.77. The van der Waals surface area contributed by atoms with E-state index in [4.69, 9.17) is 17.3 Å². The highest BCUT2D eigenvalue weighted by Gasteiger charge is 2.41. The fraction of sp³-hybridized carbons (Fsp3) is 0.434. The number of hydrogen-bond acceptors (Lipinski definition) is 16. The smallest absolute Gasteiger partial charge is 0.394 e. The molecule has 0 saturated carbocycles. The monoisotopic (exact) mass is 1580 g/mol. The van der Waals surface area contributed by atoms with E-state index in [-0.39, 0.29) is 83.2 Å². The van der Waals surface area contributed by atoms with E-state index >= 15 is 9.59 Å². The summed E-state index contributed by atoms with van der Waals surface area (Å²) in [6.07, 6.45) is -2.26. The topological polar surface area (TPSA) is 421 Å². The predicted octanol–water partition coefficient (Wildman–Crippen LogP) is 2.94. The highest BCUT2D eigenvalue weighted by molar-refractivity contribution is 6.30. The number of guanidine groups is 1. The number of aliphatic imine (C=N–C) groups is 1. The molecule has 3 aromatic heterocycles. The zero-order chi connectivity index (χ0) is 81.7. The number of aromatic nitrogens is 3. The number of aliphatic hydroxyl groups excluding tert-OH is 1. The molecule has 7 rings (SSSR count). The van der Waals surface area contributed by atoms with Crippen LogP contribution in [0.25, 0.3) is 10.8 Å². The van der Waals surface area contributed by atoms with Crippen LogP contribution in [0.1, 0.15) is 94.0 Å². The van der Waals surface area contributed by atoms with Crippen LogP contribution in [0.4, 0.5) is 26.3 Å². The van der Waals surface area contributed by atoms with Crippen LogP contribution in [0.5, 0.6) is 0 Å². The van der Waals surface area contributed by atoms with E-state index in [0.29, 0.717) is 39.3 Å². The average molecular weight is 1590 g/mol. The molecule has 14 N–H and O–H groups in total. The van der Waals surface area contributed by atoms with Crippen molar-refractivity contribution in [1.29, 1.82) is 0 Å². The van der Waals surface area contributed by atoms with Gasteiger partial charge in [-0.05, 0) is 120 Å². The molecule has 1 aliphatic rings. The number of pyridine rings is 3. The zero-order valence-corrected chi connectivity index (χ0v) is 62.6. The van der Waals surface area contributed by atoms with Crippen molar-refractivity contribution in [3.63, 3.8) is 0 Å². The number of fused-ring (bicyclic) bond motifs is 1. The summed E-state index contributed by atoms with van der Waals surface area (Å²) in [5, 5.41) is 41.0. The van der Waals surface area contributed by atoms with Crippen LogP contribution in [0.15, 0.2) is 145 Å². The van der Waals surface area contributed by atoms with Crippen LogP contribution in [-0.2, 0) is 84.8 Å². The molecule has 1 aliphatic heterocycles. The summed E-state index contributed by atoms with van der Waals surface area (Å²) in [6.45, 7) is 1.04. The number of nitrogens with one attached hydrogen (secondary N) is 11. The largest absolute Gasteiger partial charge is 0.408 e. The average Bonchev–Trinajstić information content (AvgIpc) is 1.61. The first-order chi connectivity index (χ1) is 53.2. The van der Waals surface area contributed by atoms with E-state index in [1.54, 1.807) is 79.8 Å². The number of alkyl halides is 6. The van der Waals surface area contributed by atoms with Crippen molar-refractivity contribution in [2.24, 2.45) is 16.6 Å². The lowest BCUT2D eigenvalue weighted by molar-refractivity contribution is -0.142. The lowest BCUT2D eigenvalue weighted by Crippen LogP contribution is -2.62. The minimum absolute atomic E-state index is 0.0103. The molecule has 1 saturated heterocycles. The van der Waals surface area contributed by atoms with Gasteiger partial charge in [0.25, 0.3) is 0 Å². The van der Waals surface area contributed by atoms with Gasteiger partial charge in [0.15, 0.2) is 5.96 Å². The summed E-state index contributed by atoms with van der Waals surface area (Å²) >= 11 is 6.23. The Bertz CT molecular complexity index is 4210. The van der Waals surface area contributed by atoms with E-state index in [1.807, 2.05) is 42.5 Å². The molecule has 6 aromatic rings. The quantitative estimate of drug-likeness (QED) is 0.0114. The molecule has 112 heavy (non-hydrogen) atoms. The Labute approximate surface area is 646 Å². The van der Waals surface area contributed by atoms with Gasteiger partial charge in [-0.3, -0.25) is 67.7 Å². The molecular formula is C76H92ClF6N17O12. The number of rotatable bonds is 39. The van der Waals surface area contributed by atoms with Gasteiger partial charge in [-0.1, -0.05) is 98.2 Å². The van der Waals surface area contributed by atoms with Crippen molar-refractivity contribution in [3.8, 4) is 0 Å². The van der Waals surface area contributed by atoms with Crippen LogP contribution in [0.2, 0.25) is 5.02 Å². The molecule has 3 aromatic carbocycles. The fourth-order valence-corrected chi connectivity index (χ4v) is 12.3. The maximum absolute atomic E-state index is 15.0. The molecule has 0 aliphatic carbocycles. The molecule has 29 nitrogen and oxygen atoms in total. The van der Waals surface area contributed by atoms with Gasteiger partial charge in [0.2, 0.25) is 65.0 Å². The third-order valence-corrected chi connectivity index (χ3v) is 18.1. The van der Waals surface area contributed by atoms with E-state index < -0.39 is 163 Å². The minimum atomic E-state index is -4.87. The SMILES string of the molecule is CC(=O)NC(Cc1ccc2ccccc2c1)C(=O)NC(Cc1ccc(Cl)cc1)C(=O)NC(Cc1cccnc1)C(=O)NC(CO)C(=O)NC(Cc1cccnc1)C(=O)NC(Cc1cccnc1)C(=O)NC(CC(C)C)C(=O)NC(CCCCNC(=NCC(F)(F)F)NCC(F)(F)F)C(=O)N1CCCC1C(=O)NC(C)C(N)=O. The predicted molar refractivity (Wildman–Crippen MR) is 400 cm³/mol. The van der Waals surface area contributed by atoms with Crippen LogP contribution < -0.4 is 64.2 Å². The van der Waals surface area contributed by atoms with E-state index in [1.165, 1.54) is 55.9 Å². The van der Waals surface area contributed by atoms with Gasteiger partial charge in [0, 0.05) is 94.3 Å². The number of unbranched alkanes of at least 4 members (excludes halogenated alkanes) is 1. The van der Waals surface area contributed by atoms with Crippen molar-refractivity contribution < 1.29 is 84.2 Å². The molecule has 602 valence electrons. The van der Waals surface area contributed by atoms with Crippen LogP contribution in [0.3, 0.4) is 0 Å². The first kappa shape index (κ1) is 87.9. The Kier molecular flexibility index (Phi) is 33.5. The Morgan fingerprint density at radius 3 is 1.46 bits per heavy atom. The first-order valence-corrected chi connectivity index (χ1v) is 36.5. The standard InChI is InChI=1S/C76H92ClF6N17O12/c1-44(2)31-56(65(104)93-55(73(112)100-30-12-19-63(100)72(111)91-45(3)64(84)103)18-7-8-29-88-74(89-42-75(78,79)80)90-43-76(81,82)83)94-68(107)59(35-49-13-9-26-85-38-49)96-69(108)60(36-50-14-10-27-86-39-50)98-71(110)62(41-101)99-70(109)61(37-51-15-11-28-87-40-51)97-67(106)58(33-47-21-24-54(77)25-22-47)95-66(105)57(92-46(4)102)34-48-20-23-52-16-5-6-17-53(52)32-48/h5-6,9-11,13-17,20-28,32,38-40,44-45,55-63,101H,7-8,12,18-19,29-31,33-37,41-43H2,1-4H3,(H2,84,103)(H,91,111)(H,92,102)(H,93,104)(H,94,107)(H,95,105)(H,96,108)(H,97,106)(H,98,110)(H,99,109)(H2,88,89,90). The van der Waals surface area contributed by atoms with E-state index in [2.05, 4.69) is 73.1 Å². The molecule has 11 amide bonds. The highest BCUT2D eigenvalue weighted by atomic mass is 35.5. The molecule has 1 fully saturated rings. The maximum atomic E-state index is 15.0. The molecule has 10 unspecified atom stereocenters. The summed E-state index contributed by atoms with van der Waals surface area (Å²) in [4.78, 5) is 173. The number of aliphatic hydroxyl groups is 1. The van der Waals surface area contributed by atoms with Gasteiger partial charge < -0.3 is 74.2 Å². The second-order valence-electron chi connectivity index (χ2n) is 27.4. The summed E-state index contributed by atoms with van der Waals surface area (Å²) in [7, 11) is 0. The lowest BCUT2D eigenvalue weighted by Gasteiger charge is -2.31. The first-order valence-electron chi connectivity index (χ1n) is 36.2. The summed E-state index contributed by atoms with van der Waals surface area (Å²) in [6, 6.07) is 14.2. The second-order valence-corrected chi connectivity index (χ2v) is 27.8. The van der Waals surface area contributed by atoms with Gasteiger partial charge in [-0.2, -0.15) is 26.3 Å². The van der Waals surface area contributed by atoms with Crippen molar-refractivity contribution in [2.45, 2.75) is 171 Å². The summed E-state index contributed by atoms with van der Waals surface area (Å²) in [5.74, 6) is -10.9. The van der Waals surface area contributed by atoms with Crippen molar-refractivity contribution in [3.05, 3.63) is 173 Å². The van der Waals surface area contributed by atoms with Crippen LogP contribution >= 0.6 is 11.6 Å². The van der Waals surface area contributed by atoms with Crippen molar-refractivity contribution >= 4 is 93.3 Å². The third-order valence-electron chi connectivity index (χ3n) is 17.8. The fourth-order valence-electron chi connectivity index (χ4n) is 12.2. The summed E-state index contributed by atoms with van der Waals surface area (Å²) < 4.78 is 78.7. The molecular weight excluding hydrogens is 1490 g/mol. The van der Waals surface area contributed by atoms with Crippen LogP contribution in [-0.4, -0.2) is 201 Å². The normalized spacial score (nSPS) is 15.5. The Hall–Kier alpha value is -11.4. The van der Waals surface area contributed by atoms with Gasteiger partial charge in [-0.15, -0.1) is 0 Å². The van der Waals surface area contributed by atoms with Crippen molar-refractivity contribution in [1.82, 2.24) is 78.3 Å². The third kappa shape index (κ3) is 29.5. The van der Waals surface area contributed by atoms with Gasteiger partial charge in [0.05, 0.1) is 6.61 Å².